The van der Waals surface area contributed by atoms with Gasteiger partial charge in [0.15, 0.2) is 11.8 Å². The normalized spacial score (nSPS) is 26.8. The molecule has 2 fully saturated rings. The summed E-state index contributed by atoms with van der Waals surface area (Å²) in [4.78, 5) is 17.7. The summed E-state index contributed by atoms with van der Waals surface area (Å²) in [6, 6.07) is 1.77. The Balaban J connectivity index is 0.000000837. The lowest BCUT2D eigenvalue weighted by atomic mass is 9.75. The topological polar surface area (TPSA) is 141 Å². The molecule has 1 aromatic rings. The van der Waals surface area contributed by atoms with Crippen LogP contribution in [-0.2, 0) is 15.3 Å². The Morgan fingerprint density at radius 3 is 2.22 bits per heavy atom. The quantitative estimate of drug-likeness (QED) is 0.543. The van der Waals surface area contributed by atoms with E-state index in [4.69, 9.17) is 4.74 Å². The maximum absolute atomic E-state index is 11.5. The Morgan fingerprint density at radius 1 is 1.19 bits per heavy atom. The molecule has 0 aromatic carbocycles. The molecule has 1 aliphatic heterocycles. The minimum absolute atomic E-state index is 0.0552. The zero-order chi connectivity index (χ0) is 23.6. The fourth-order valence-electron chi connectivity index (χ4n) is 3.99. The van der Waals surface area contributed by atoms with Crippen molar-refractivity contribution in [3.05, 3.63) is 24.5 Å². The summed E-state index contributed by atoms with van der Waals surface area (Å²) < 4.78 is 31.4. The number of piperazine rings is 1. The lowest BCUT2D eigenvalue weighted by Crippen LogP contribution is -2.63. The highest BCUT2D eigenvalue weighted by molar-refractivity contribution is 7.61. The molecule has 1 saturated carbocycles. The van der Waals surface area contributed by atoms with Crippen molar-refractivity contribution < 1.29 is 28.2 Å². The number of unbranched alkanes of at least 4 members (excludes halogenated alkanes) is 1. The van der Waals surface area contributed by atoms with E-state index in [0.29, 0.717) is 18.6 Å². The van der Waals surface area contributed by atoms with Crippen LogP contribution in [0.3, 0.4) is 0 Å². The van der Waals surface area contributed by atoms with E-state index >= 15 is 0 Å². The van der Waals surface area contributed by atoms with E-state index in [1.54, 1.807) is 24.5 Å². The number of rotatable bonds is 7. The second kappa shape index (κ2) is 12.2. The first kappa shape index (κ1) is 26.2. The smallest absolute Gasteiger partial charge is 0.332 e. The maximum atomic E-state index is 11.5. The molecular weight excluding hydrogens is 436 g/mol. The predicted molar refractivity (Wildman–Crippen MR) is 119 cm³/mol. The van der Waals surface area contributed by atoms with E-state index in [2.05, 4.69) is 33.4 Å². The van der Waals surface area contributed by atoms with Gasteiger partial charge >= 0.3 is 16.5 Å². The number of aliphatic hydroxyl groups is 1. The molecule has 0 amide bonds. The van der Waals surface area contributed by atoms with E-state index in [9.17, 15) is 23.4 Å². The molecule has 1 unspecified atom stereocenters. The molecular formula is C21H34N4O6S. The Labute approximate surface area is 190 Å². The SMILES string of the molecule is CCCC.O=C(O)C(N=S(=O)=O)C1(O)CCC(Oc2ccncc2)(N2CCNCC2)CC1. The molecule has 2 aliphatic rings. The van der Waals surface area contributed by atoms with Gasteiger partial charge in [0.05, 0.1) is 5.60 Å². The third-order valence-electron chi connectivity index (χ3n) is 5.98. The van der Waals surface area contributed by atoms with E-state index in [1.165, 1.54) is 12.8 Å². The molecule has 1 saturated heterocycles. The number of carbonyl (C=O) groups is 1. The largest absolute Gasteiger partial charge is 0.480 e. The van der Waals surface area contributed by atoms with Gasteiger partial charge in [0, 0.05) is 51.4 Å². The van der Waals surface area contributed by atoms with Crippen LogP contribution in [0.5, 0.6) is 5.75 Å². The fourth-order valence-corrected chi connectivity index (χ4v) is 4.45. The van der Waals surface area contributed by atoms with E-state index in [-0.39, 0.29) is 12.8 Å². The number of carboxylic acid groups (broad SMARTS) is 1. The Hall–Kier alpha value is -2.08. The monoisotopic (exact) mass is 470 g/mol. The molecule has 180 valence electrons. The Kier molecular flexibility index (Phi) is 10.0. The highest BCUT2D eigenvalue weighted by atomic mass is 32.2. The standard InChI is InChI=1S/C17H24N4O6S.C4H10/c22-15(23)14(20-28(25)26)16(24)3-5-17(6-4-16,21-11-9-19-10-12-21)27-13-1-7-18-8-2-13;1-3-4-2/h1-2,7-8,14,19,24H,3-6,9-12H2,(H,22,23);3-4H2,1-2H3. The van der Waals surface area contributed by atoms with Crippen LogP contribution >= 0.6 is 0 Å². The number of carboxylic acids is 1. The molecule has 1 atom stereocenters. The minimum atomic E-state index is -2.92. The second-order valence-electron chi connectivity index (χ2n) is 8.14. The average molecular weight is 471 g/mol. The zero-order valence-corrected chi connectivity index (χ0v) is 19.6. The highest BCUT2D eigenvalue weighted by Crippen LogP contribution is 2.42. The van der Waals surface area contributed by atoms with Crippen LogP contribution in [0.15, 0.2) is 28.9 Å². The van der Waals surface area contributed by atoms with Crippen molar-refractivity contribution in [3.63, 3.8) is 0 Å². The highest BCUT2D eigenvalue weighted by Gasteiger charge is 2.52. The van der Waals surface area contributed by atoms with Crippen LogP contribution in [-0.4, -0.2) is 78.0 Å². The molecule has 0 bridgehead atoms. The van der Waals surface area contributed by atoms with Crippen molar-refractivity contribution in [2.24, 2.45) is 4.36 Å². The first-order chi connectivity index (χ1) is 15.3. The number of pyridine rings is 1. The summed E-state index contributed by atoms with van der Waals surface area (Å²) >= 11 is 0. The summed E-state index contributed by atoms with van der Waals surface area (Å²) in [7, 11) is -2.92. The van der Waals surface area contributed by atoms with Gasteiger partial charge in [0.2, 0.25) is 0 Å². The van der Waals surface area contributed by atoms with Gasteiger partial charge in [-0.3, -0.25) is 9.88 Å². The van der Waals surface area contributed by atoms with Gasteiger partial charge in [0.1, 0.15) is 5.75 Å². The number of hydrogen-bond acceptors (Lipinski definition) is 9. The molecule has 0 radical (unpaired) electrons. The third kappa shape index (κ3) is 6.96. The number of ether oxygens (including phenoxy) is 1. The molecule has 10 nitrogen and oxygen atoms in total. The van der Waals surface area contributed by atoms with Crippen molar-refractivity contribution >= 4 is 16.5 Å². The molecule has 3 N–H and O–H groups in total. The minimum Gasteiger partial charge on any atom is -0.480 e. The zero-order valence-electron chi connectivity index (χ0n) is 18.7. The lowest BCUT2D eigenvalue weighted by molar-refractivity contribution is -0.167. The lowest BCUT2D eigenvalue weighted by Gasteiger charge is -2.51. The summed E-state index contributed by atoms with van der Waals surface area (Å²) in [6.07, 6.45) is 6.69. The molecule has 0 spiro atoms. The van der Waals surface area contributed by atoms with Crippen LogP contribution in [0.4, 0.5) is 0 Å². The van der Waals surface area contributed by atoms with Crippen molar-refractivity contribution in [1.82, 2.24) is 15.2 Å². The van der Waals surface area contributed by atoms with Gasteiger partial charge in [-0.2, -0.15) is 12.8 Å². The van der Waals surface area contributed by atoms with Crippen LogP contribution in [0.2, 0.25) is 0 Å². The number of nitrogens with one attached hydrogen (secondary N) is 1. The van der Waals surface area contributed by atoms with Gasteiger partial charge in [0.25, 0.3) is 0 Å². The Bertz CT molecular complexity index is 840. The molecule has 2 heterocycles. The van der Waals surface area contributed by atoms with Gasteiger partial charge in [-0.15, -0.1) is 0 Å². The van der Waals surface area contributed by atoms with E-state index in [0.717, 1.165) is 26.2 Å². The fraction of sp³-hybridized carbons (Fsp3) is 0.714. The van der Waals surface area contributed by atoms with Crippen molar-refractivity contribution in [2.75, 3.05) is 26.2 Å². The molecule has 1 aromatic heterocycles. The molecule has 1 aliphatic carbocycles. The van der Waals surface area contributed by atoms with Gasteiger partial charge in [-0.25, -0.2) is 4.79 Å². The predicted octanol–water partition coefficient (Wildman–Crippen LogP) is 1.69. The summed E-state index contributed by atoms with van der Waals surface area (Å²) in [5.41, 5.74) is -2.46. The first-order valence-corrected chi connectivity index (χ1v) is 12.1. The molecule has 32 heavy (non-hydrogen) atoms. The Morgan fingerprint density at radius 2 is 1.75 bits per heavy atom. The van der Waals surface area contributed by atoms with Crippen LogP contribution in [0.1, 0.15) is 52.4 Å². The van der Waals surface area contributed by atoms with Crippen LogP contribution in [0.25, 0.3) is 0 Å². The summed E-state index contributed by atoms with van der Waals surface area (Å²) in [5.74, 6) is -0.824. The van der Waals surface area contributed by atoms with E-state index < -0.39 is 33.8 Å². The number of nitrogens with zero attached hydrogens (tertiary/aromatic N) is 3. The second-order valence-corrected chi connectivity index (χ2v) is 8.78. The molecule has 3 rings (SSSR count). The number of hydrogen-bond donors (Lipinski definition) is 3. The van der Waals surface area contributed by atoms with Gasteiger partial charge < -0.3 is 20.3 Å². The van der Waals surface area contributed by atoms with Crippen molar-refractivity contribution in [2.45, 2.75) is 69.7 Å². The van der Waals surface area contributed by atoms with E-state index in [1.807, 2.05) is 0 Å². The average Bonchev–Trinajstić information content (AvgIpc) is 2.80. The van der Waals surface area contributed by atoms with Crippen molar-refractivity contribution in [1.29, 1.82) is 0 Å². The summed E-state index contributed by atoms with van der Waals surface area (Å²) in [6.45, 7) is 7.46. The van der Waals surface area contributed by atoms with Crippen LogP contribution in [0, 0.1) is 0 Å². The van der Waals surface area contributed by atoms with Gasteiger partial charge in [-0.05, 0) is 25.0 Å². The van der Waals surface area contributed by atoms with Gasteiger partial charge in [-0.1, -0.05) is 26.7 Å². The van der Waals surface area contributed by atoms with Crippen molar-refractivity contribution in [3.8, 4) is 5.75 Å². The number of aromatic nitrogens is 1. The number of aliphatic carboxylic acids is 1. The van der Waals surface area contributed by atoms with Crippen LogP contribution < -0.4 is 10.1 Å². The molecule has 11 heteroatoms. The summed E-state index contributed by atoms with van der Waals surface area (Å²) in [5, 5.41) is 23.6. The first-order valence-electron chi connectivity index (χ1n) is 11.1. The third-order valence-corrected chi connectivity index (χ3v) is 6.37. The maximum Gasteiger partial charge on any atom is 0.332 e.